The number of rotatable bonds is 11. The second kappa shape index (κ2) is 14.2. The maximum Gasteiger partial charge on any atom is 0.264 e. The molecule has 0 saturated heterocycles. The topological polar surface area (TPSA) is 142 Å². The zero-order valence-corrected chi connectivity index (χ0v) is 24.1. The quantitative estimate of drug-likeness (QED) is 0.200. The number of sulfonamides is 1. The van der Waals surface area contributed by atoms with Crippen LogP contribution in [0.3, 0.4) is 0 Å². The largest absolute Gasteiger partial charge is 0.384 e. The van der Waals surface area contributed by atoms with Gasteiger partial charge in [-0.25, -0.2) is 13.1 Å². The Morgan fingerprint density at radius 3 is 2.36 bits per heavy atom. The van der Waals surface area contributed by atoms with Crippen LogP contribution in [0.2, 0.25) is 5.02 Å². The predicted molar refractivity (Wildman–Crippen MR) is 153 cm³/mol. The van der Waals surface area contributed by atoms with Crippen LogP contribution < -0.4 is 15.4 Å². The molecule has 1 aliphatic carbocycles. The summed E-state index contributed by atoms with van der Waals surface area (Å²) < 4.78 is 27.4. The first-order valence-corrected chi connectivity index (χ1v) is 15.2. The summed E-state index contributed by atoms with van der Waals surface area (Å²) in [5, 5.41) is 15.2. The molecule has 0 bridgehead atoms. The van der Waals surface area contributed by atoms with E-state index in [0.717, 1.165) is 19.8 Å². The van der Waals surface area contributed by atoms with Crippen molar-refractivity contribution in [3.05, 3.63) is 53.1 Å². The van der Waals surface area contributed by atoms with Gasteiger partial charge in [0.05, 0.1) is 4.90 Å². The third-order valence-corrected chi connectivity index (χ3v) is 8.95. The van der Waals surface area contributed by atoms with Gasteiger partial charge in [-0.15, -0.1) is 0 Å². The molecule has 0 aliphatic heterocycles. The fourth-order valence-electron chi connectivity index (χ4n) is 4.46. The SMILES string of the molecule is C[C@H](O)C(=O)NS(=O)(=O)c1ccccc1-c1ccc(CNC(=O)CC(=O)NC[C@@H](S)C2CCCCC2)cc1Cl. The fraction of sp³-hybridized carbons (Fsp3) is 0.444. The summed E-state index contributed by atoms with van der Waals surface area (Å²) >= 11 is 11.1. The first kappa shape index (κ1) is 30.9. The van der Waals surface area contributed by atoms with E-state index in [0.29, 0.717) is 23.6 Å². The highest BCUT2D eigenvalue weighted by Gasteiger charge is 2.25. The van der Waals surface area contributed by atoms with Gasteiger partial charge in [-0.3, -0.25) is 14.4 Å². The normalized spacial score (nSPS) is 15.7. The molecule has 0 aromatic heterocycles. The van der Waals surface area contributed by atoms with Crippen molar-refractivity contribution in [1.82, 2.24) is 15.4 Å². The van der Waals surface area contributed by atoms with Crippen molar-refractivity contribution in [1.29, 1.82) is 0 Å². The van der Waals surface area contributed by atoms with Crippen molar-refractivity contribution < 1.29 is 27.9 Å². The lowest BCUT2D eigenvalue weighted by Crippen LogP contribution is -2.37. The number of carbonyl (C=O) groups is 3. The lowest BCUT2D eigenvalue weighted by atomic mass is 9.86. The molecule has 0 unspecified atom stereocenters. The van der Waals surface area contributed by atoms with Gasteiger partial charge in [-0.05, 0) is 43.4 Å². The molecule has 12 heteroatoms. The van der Waals surface area contributed by atoms with E-state index in [9.17, 15) is 27.9 Å². The number of halogens is 1. The molecule has 2 aromatic carbocycles. The van der Waals surface area contributed by atoms with E-state index in [1.54, 1.807) is 30.3 Å². The molecule has 4 N–H and O–H groups in total. The number of aliphatic hydroxyl groups is 1. The Hall–Kier alpha value is -2.60. The number of amides is 3. The minimum absolute atomic E-state index is 0.0765. The van der Waals surface area contributed by atoms with Gasteiger partial charge in [0.15, 0.2) is 0 Å². The monoisotopic (exact) mass is 595 g/mol. The fourth-order valence-corrected chi connectivity index (χ4v) is 6.42. The van der Waals surface area contributed by atoms with Gasteiger partial charge in [0, 0.05) is 34.5 Å². The van der Waals surface area contributed by atoms with E-state index in [-0.39, 0.29) is 39.6 Å². The van der Waals surface area contributed by atoms with Crippen molar-refractivity contribution in [2.45, 2.75) is 68.2 Å². The van der Waals surface area contributed by atoms with Crippen molar-refractivity contribution in [2.75, 3.05) is 6.54 Å². The van der Waals surface area contributed by atoms with Gasteiger partial charge in [-0.2, -0.15) is 12.6 Å². The Labute approximate surface area is 239 Å². The van der Waals surface area contributed by atoms with E-state index >= 15 is 0 Å². The summed E-state index contributed by atoms with van der Waals surface area (Å²) in [5.74, 6) is -1.37. The average molecular weight is 596 g/mol. The highest BCUT2D eigenvalue weighted by Crippen LogP contribution is 2.33. The third kappa shape index (κ3) is 8.96. The average Bonchev–Trinajstić information content (AvgIpc) is 2.91. The summed E-state index contributed by atoms with van der Waals surface area (Å²) in [7, 11) is -4.28. The van der Waals surface area contributed by atoms with Gasteiger partial charge in [0.2, 0.25) is 11.8 Å². The van der Waals surface area contributed by atoms with Crippen molar-refractivity contribution in [2.24, 2.45) is 5.92 Å². The Bertz CT molecular complexity index is 1300. The first-order valence-electron chi connectivity index (χ1n) is 12.8. The highest BCUT2D eigenvalue weighted by molar-refractivity contribution is 7.90. The molecule has 3 rings (SSSR count). The zero-order valence-electron chi connectivity index (χ0n) is 21.7. The molecule has 1 aliphatic rings. The van der Waals surface area contributed by atoms with Gasteiger partial charge in [-0.1, -0.05) is 61.2 Å². The lowest BCUT2D eigenvalue weighted by molar-refractivity contribution is -0.129. The highest BCUT2D eigenvalue weighted by atomic mass is 35.5. The van der Waals surface area contributed by atoms with Crippen LogP contribution in [0.4, 0.5) is 0 Å². The molecule has 39 heavy (non-hydrogen) atoms. The molecule has 0 spiro atoms. The van der Waals surface area contributed by atoms with Gasteiger partial charge < -0.3 is 15.7 Å². The second-order valence-electron chi connectivity index (χ2n) is 9.68. The summed E-state index contributed by atoms with van der Waals surface area (Å²) in [6.07, 6.45) is 4.06. The van der Waals surface area contributed by atoms with E-state index < -0.39 is 27.9 Å². The molecule has 2 atom stereocenters. The maximum atomic E-state index is 12.8. The third-order valence-electron chi connectivity index (χ3n) is 6.63. The molecule has 0 heterocycles. The van der Waals surface area contributed by atoms with E-state index in [4.69, 9.17) is 11.6 Å². The van der Waals surface area contributed by atoms with Crippen LogP contribution in [-0.4, -0.2) is 49.1 Å². The zero-order chi connectivity index (χ0) is 28.6. The van der Waals surface area contributed by atoms with E-state index in [1.807, 2.05) is 4.72 Å². The van der Waals surface area contributed by atoms with Gasteiger partial charge >= 0.3 is 0 Å². The molecular weight excluding hydrogens is 562 g/mol. The number of hydrogen-bond acceptors (Lipinski definition) is 7. The van der Waals surface area contributed by atoms with Gasteiger partial charge in [0.25, 0.3) is 15.9 Å². The minimum atomic E-state index is -4.28. The predicted octanol–water partition coefficient (Wildman–Crippen LogP) is 3.19. The molecule has 9 nitrogen and oxygen atoms in total. The standard InChI is InChI=1S/C27H34ClN3O6S2/c1-17(32)27(35)31-39(36,37)24-10-6-5-9-21(24)20-12-11-18(13-22(20)28)15-29-25(33)14-26(34)30-16-23(38)19-7-3-2-4-8-19/h5-6,9-13,17,19,23,32,38H,2-4,7-8,14-16H2,1H3,(H,29,33)(H,30,34)(H,31,35)/t17-,23+/m0/s1. The number of carbonyl (C=O) groups excluding carboxylic acids is 3. The maximum absolute atomic E-state index is 12.8. The number of aliphatic hydroxyl groups excluding tert-OH is 1. The van der Waals surface area contributed by atoms with Crippen LogP contribution in [-0.2, 0) is 31.0 Å². The molecular formula is C27H34ClN3O6S2. The summed E-state index contributed by atoms with van der Waals surface area (Å²) in [4.78, 5) is 36.1. The molecule has 1 saturated carbocycles. The Morgan fingerprint density at radius 2 is 1.69 bits per heavy atom. The Kier molecular flexibility index (Phi) is 11.2. The number of hydrogen-bond donors (Lipinski definition) is 5. The van der Waals surface area contributed by atoms with E-state index in [2.05, 4.69) is 23.3 Å². The second-order valence-corrected chi connectivity index (χ2v) is 12.4. The van der Waals surface area contributed by atoms with E-state index in [1.165, 1.54) is 31.4 Å². The van der Waals surface area contributed by atoms with Crippen LogP contribution in [0.5, 0.6) is 0 Å². The van der Waals surface area contributed by atoms with Crippen LogP contribution >= 0.6 is 24.2 Å². The molecule has 2 aromatic rings. The van der Waals surface area contributed by atoms with Crippen LogP contribution in [0.15, 0.2) is 47.4 Å². The molecule has 212 valence electrons. The molecule has 0 radical (unpaired) electrons. The summed E-state index contributed by atoms with van der Waals surface area (Å²) in [6, 6.07) is 10.9. The van der Waals surface area contributed by atoms with Crippen molar-refractivity contribution in [3.63, 3.8) is 0 Å². The summed E-state index contributed by atoms with van der Waals surface area (Å²) in [6.45, 7) is 1.71. The lowest BCUT2D eigenvalue weighted by Gasteiger charge is -2.27. The smallest absolute Gasteiger partial charge is 0.264 e. The number of benzene rings is 2. The van der Waals surface area contributed by atoms with Crippen LogP contribution in [0, 0.1) is 5.92 Å². The summed E-state index contributed by atoms with van der Waals surface area (Å²) in [5.41, 5.74) is 1.31. The van der Waals surface area contributed by atoms with Crippen molar-refractivity contribution >= 4 is 52.0 Å². The van der Waals surface area contributed by atoms with Crippen LogP contribution in [0.1, 0.15) is 51.0 Å². The number of nitrogens with one attached hydrogen (secondary N) is 3. The first-order chi connectivity index (χ1) is 18.5. The Balaban J connectivity index is 1.58. The van der Waals surface area contributed by atoms with Gasteiger partial charge in [0.1, 0.15) is 12.5 Å². The number of thiol groups is 1. The van der Waals surface area contributed by atoms with Crippen molar-refractivity contribution in [3.8, 4) is 11.1 Å². The molecule has 3 amide bonds. The van der Waals surface area contributed by atoms with Crippen LogP contribution in [0.25, 0.3) is 11.1 Å². The Morgan fingerprint density at radius 1 is 1.03 bits per heavy atom. The molecule has 1 fully saturated rings. The minimum Gasteiger partial charge on any atom is -0.384 e.